The molecule has 3 nitrogen and oxygen atoms in total. The minimum atomic E-state index is -0.0684. The lowest BCUT2D eigenvalue weighted by atomic mass is 9.86. The Morgan fingerprint density at radius 1 is 0.952 bits per heavy atom. The summed E-state index contributed by atoms with van der Waals surface area (Å²) in [7, 11) is 1.73. The fraction of sp³-hybridized carbons (Fsp3) is 0.278. The van der Waals surface area contributed by atoms with Crippen LogP contribution in [0.4, 0.5) is 5.69 Å². The van der Waals surface area contributed by atoms with Crippen molar-refractivity contribution < 1.29 is 9.90 Å². The van der Waals surface area contributed by atoms with Crippen molar-refractivity contribution in [1.29, 1.82) is 0 Å². The Morgan fingerprint density at radius 2 is 1.48 bits per heavy atom. The van der Waals surface area contributed by atoms with Gasteiger partial charge in [0, 0.05) is 18.3 Å². The molecule has 0 heterocycles. The van der Waals surface area contributed by atoms with E-state index in [0.717, 1.165) is 5.69 Å². The molecule has 2 aromatic rings. The van der Waals surface area contributed by atoms with E-state index in [-0.39, 0.29) is 17.1 Å². The molecule has 0 unspecified atom stereocenters. The number of hydrogen-bond donors (Lipinski definition) is 1. The highest BCUT2D eigenvalue weighted by atomic mass is 16.3. The van der Waals surface area contributed by atoms with Gasteiger partial charge in [-0.15, -0.1) is 0 Å². The van der Waals surface area contributed by atoms with Crippen molar-refractivity contribution in [2.45, 2.75) is 26.2 Å². The maximum absolute atomic E-state index is 12.5. The van der Waals surface area contributed by atoms with Crippen molar-refractivity contribution in [3.8, 4) is 5.75 Å². The Kier molecular flexibility index (Phi) is 4.03. The molecule has 0 saturated carbocycles. The summed E-state index contributed by atoms with van der Waals surface area (Å²) in [5.74, 6) is 0.121. The van der Waals surface area contributed by atoms with Crippen LogP contribution in [0.5, 0.6) is 5.75 Å². The summed E-state index contributed by atoms with van der Waals surface area (Å²) in [6, 6.07) is 14.3. The number of aromatic hydroxyl groups is 1. The zero-order valence-electron chi connectivity index (χ0n) is 12.9. The average molecular weight is 283 g/mol. The standard InChI is InChI=1S/C18H21NO2/c1-18(2,3)14-7-5-13(6-8-14)17(21)19(4)15-9-11-16(20)12-10-15/h5-12,20H,1-4H3. The van der Waals surface area contributed by atoms with Crippen molar-refractivity contribution in [3.05, 3.63) is 59.7 Å². The van der Waals surface area contributed by atoms with Crippen molar-refractivity contribution in [2.24, 2.45) is 0 Å². The van der Waals surface area contributed by atoms with E-state index in [1.165, 1.54) is 5.56 Å². The molecule has 1 amide bonds. The molecule has 0 spiro atoms. The lowest BCUT2D eigenvalue weighted by Crippen LogP contribution is -2.26. The van der Waals surface area contributed by atoms with Crippen LogP contribution in [-0.4, -0.2) is 18.1 Å². The first-order chi connectivity index (χ1) is 9.79. The minimum Gasteiger partial charge on any atom is -0.508 e. The second-order valence-corrected chi connectivity index (χ2v) is 6.21. The molecule has 0 aliphatic carbocycles. The van der Waals surface area contributed by atoms with Gasteiger partial charge in [-0.3, -0.25) is 4.79 Å². The number of rotatable bonds is 2. The summed E-state index contributed by atoms with van der Waals surface area (Å²) in [5.41, 5.74) is 2.67. The number of benzene rings is 2. The number of carbonyl (C=O) groups excluding carboxylic acids is 1. The molecule has 0 bridgehead atoms. The van der Waals surface area contributed by atoms with E-state index < -0.39 is 0 Å². The van der Waals surface area contributed by atoms with Crippen LogP contribution in [0.2, 0.25) is 0 Å². The second kappa shape index (κ2) is 5.60. The van der Waals surface area contributed by atoms with E-state index in [9.17, 15) is 9.90 Å². The molecule has 2 aromatic carbocycles. The van der Waals surface area contributed by atoms with Gasteiger partial charge in [0.15, 0.2) is 0 Å². The van der Waals surface area contributed by atoms with Gasteiger partial charge in [0.05, 0.1) is 0 Å². The zero-order chi connectivity index (χ0) is 15.6. The first kappa shape index (κ1) is 15.1. The van der Waals surface area contributed by atoms with Crippen LogP contribution >= 0.6 is 0 Å². The van der Waals surface area contributed by atoms with Crippen LogP contribution in [0, 0.1) is 0 Å². The predicted octanol–water partition coefficient (Wildman–Crippen LogP) is 3.97. The third-order valence-corrected chi connectivity index (χ3v) is 3.54. The van der Waals surface area contributed by atoms with Gasteiger partial charge in [0.25, 0.3) is 5.91 Å². The number of phenols is 1. The lowest BCUT2D eigenvalue weighted by molar-refractivity contribution is 0.0993. The first-order valence-electron chi connectivity index (χ1n) is 6.96. The second-order valence-electron chi connectivity index (χ2n) is 6.21. The Bertz CT molecular complexity index is 622. The third kappa shape index (κ3) is 3.43. The molecule has 0 aliphatic rings. The monoisotopic (exact) mass is 283 g/mol. The van der Waals surface area contributed by atoms with Crippen molar-refractivity contribution >= 4 is 11.6 Å². The Morgan fingerprint density at radius 3 is 1.95 bits per heavy atom. The zero-order valence-corrected chi connectivity index (χ0v) is 12.9. The topological polar surface area (TPSA) is 40.5 Å². The van der Waals surface area contributed by atoms with Crippen LogP contribution < -0.4 is 4.90 Å². The van der Waals surface area contributed by atoms with Gasteiger partial charge >= 0.3 is 0 Å². The van der Waals surface area contributed by atoms with Gasteiger partial charge in [-0.1, -0.05) is 32.9 Å². The SMILES string of the molecule is CN(C(=O)c1ccc(C(C)(C)C)cc1)c1ccc(O)cc1. The van der Waals surface area contributed by atoms with E-state index >= 15 is 0 Å². The Hall–Kier alpha value is -2.29. The highest BCUT2D eigenvalue weighted by molar-refractivity contribution is 6.05. The highest BCUT2D eigenvalue weighted by Crippen LogP contribution is 2.23. The van der Waals surface area contributed by atoms with Crippen LogP contribution in [-0.2, 0) is 5.41 Å². The molecule has 2 rings (SSSR count). The molecule has 0 aliphatic heterocycles. The van der Waals surface area contributed by atoms with Gasteiger partial charge in [0.1, 0.15) is 5.75 Å². The van der Waals surface area contributed by atoms with Gasteiger partial charge in [0.2, 0.25) is 0 Å². The summed E-state index contributed by atoms with van der Waals surface area (Å²) in [6.45, 7) is 6.44. The van der Waals surface area contributed by atoms with E-state index in [0.29, 0.717) is 5.56 Å². The number of carbonyl (C=O) groups is 1. The van der Waals surface area contributed by atoms with Gasteiger partial charge in [-0.2, -0.15) is 0 Å². The van der Waals surface area contributed by atoms with Crippen molar-refractivity contribution in [3.63, 3.8) is 0 Å². The van der Waals surface area contributed by atoms with Crippen LogP contribution in [0.3, 0.4) is 0 Å². The van der Waals surface area contributed by atoms with Crippen LogP contribution in [0.25, 0.3) is 0 Å². The van der Waals surface area contributed by atoms with E-state index in [1.54, 1.807) is 36.2 Å². The van der Waals surface area contributed by atoms with E-state index in [4.69, 9.17) is 0 Å². The molecule has 110 valence electrons. The number of nitrogens with zero attached hydrogens (tertiary/aromatic N) is 1. The van der Waals surface area contributed by atoms with Crippen molar-refractivity contribution in [1.82, 2.24) is 0 Å². The molecular formula is C18H21NO2. The Labute approximate surface area is 125 Å². The average Bonchev–Trinajstić information content (AvgIpc) is 2.46. The largest absolute Gasteiger partial charge is 0.508 e. The van der Waals surface area contributed by atoms with Crippen LogP contribution in [0.1, 0.15) is 36.7 Å². The summed E-state index contributed by atoms with van der Waals surface area (Å²) in [4.78, 5) is 14.0. The molecule has 21 heavy (non-hydrogen) atoms. The molecule has 1 N–H and O–H groups in total. The van der Waals surface area contributed by atoms with Crippen LogP contribution in [0.15, 0.2) is 48.5 Å². The third-order valence-electron chi connectivity index (χ3n) is 3.54. The molecular weight excluding hydrogens is 262 g/mol. The fourth-order valence-electron chi connectivity index (χ4n) is 2.10. The molecule has 0 aromatic heterocycles. The number of amides is 1. The highest BCUT2D eigenvalue weighted by Gasteiger charge is 2.16. The summed E-state index contributed by atoms with van der Waals surface area (Å²) < 4.78 is 0. The smallest absolute Gasteiger partial charge is 0.258 e. The molecule has 0 fully saturated rings. The van der Waals surface area contributed by atoms with Gasteiger partial charge in [-0.05, 0) is 47.4 Å². The quantitative estimate of drug-likeness (QED) is 0.906. The molecule has 3 heteroatoms. The van der Waals surface area contributed by atoms with Gasteiger partial charge < -0.3 is 10.0 Å². The summed E-state index contributed by atoms with van der Waals surface area (Å²) >= 11 is 0. The minimum absolute atomic E-state index is 0.0684. The molecule has 0 saturated heterocycles. The molecule has 0 atom stereocenters. The van der Waals surface area contributed by atoms with E-state index in [2.05, 4.69) is 20.8 Å². The normalized spacial score (nSPS) is 11.2. The fourth-order valence-corrected chi connectivity index (χ4v) is 2.10. The molecule has 0 radical (unpaired) electrons. The maximum atomic E-state index is 12.5. The van der Waals surface area contributed by atoms with Gasteiger partial charge in [-0.25, -0.2) is 0 Å². The van der Waals surface area contributed by atoms with E-state index in [1.807, 2.05) is 24.3 Å². The summed E-state index contributed by atoms with van der Waals surface area (Å²) in [5, 5.41) is 9.30. The summed E-state index contributed by atoms with van der Waals surface area (Å²) in [6.07, 6.45) is 0. The number of anilines is 1. The maximum Gasteiger partial charge on any atom is 0.258 e. The first-order valence-corrected chi connectivity index (χ1v) is 6.96. The van der Waals surface area contributed by atoms with Crippen molar-refractivity contribution in [2.75, 3.05) is 11.9 Å². The predicted molar refractivity (Wildman–Crippen MR) is 86.0 cm³/mol. The Balaban J connectivity index is 2.21. The number of hydrogen-bond acceptors (Lipinski definition) is 2. The number of phenolic OH excluding ortho intramolecular Hbond substituents is 1. The lowest BCUT2D eigenvalue weighted by Gasteiger charge is -2.20.